The molecule has 6 nitrogen and oxygen atoms in total. The molecular weight excluding hydrogens is 260 g/mol. The maximum absolute atomic E-state index is 11.5. The summed E-state index contributed by atoms with van der Waals surface area (Å²) < 4.78 is 9.39. The second-order valence-corrected chi connectivity index (χ2v) is 7.05. The molecule has 2 amide bonds. The second-order valence-electron chi connectivity index (χ2n) is 7.05. The Kier molecular flexibility index (Phi) is 4.56. The van der Waals surface area contributed by atoms with E-state index < -0.39 is 23.3 Å². The molecule has 1 aliphatic carbocycles. The van der Waals surface area contributed by atoms with Crippen molar-refractivity contribution in [1.82, 2.24) is 10.6 Å². The molecule has 0 aliphatic heterocycles. The predicted molar refractivity (Wildman–Crippen MR) is 75.5 cm³/mol. The Hall–Kier alpha value is -1.46. The van der Waals surface area contributed by atoms with Crippen LogP contribution in [0.4, 0.5) is 9.59 Å². The van der Waals surface area contributed by atoms with E-state index >= 15 is 0 Å². The lowest BCUT2D eigenvalue weighted by atomic mass is 9.61. The van der Waals surface area contributed by atoms with E-state index in [4.69, 9.17) is 9.47 Å². The second kappa shape index (κ2) is 5.50. The molecule has 20 heavy (non-hydrogen) atoms. The molecule has 0 radical (unpaired) electrons. The molecular formula is C14H26N2O4. The van der Waals surface area contributed by atoms with E-state index in [0.29, 0.717) is 6.42 Å². The molecule has 0 aromatic heterocycles. The van der Waals surface area contributed by atoms with Crippen molar-refractivity contribution in [3.63, 3.8) is 0 Å². The Morgan fingerprint density at radius 3 is 1.45 bits per heavy atom. The van der Waals surface area contributed by atoms with Crippen molar-refractivity contribution in [3.8, 4) is 0 Å². The highest BCUT2D eigenvalue weighted by Gasteiger charge is 2.48. The van der Waals surface area contributed by atoms with Gasteiger partial charge in [-0.15, -0.1) is 0 Å². The molecule has 1 fully saturated rings. The first-order valence-electron chi connectivity index (χ1n) is 6.75. The van der Waals surface area contributed by atoms with Crippen molar-refractivity contribution in [2.75, 3.05) is 14.2 Å². The van der Waals surface area contributed by atoms with Crippen molar-refractivity contribution in [2.45, 2.75) is 58.0 Å². The molecule has 0 spiro atoms. The SMILES string of the molecule is COC(=O)NC1(C)CC(C)(C)CC(C)(NC(=O)OC)C1. The third-order valence-electron chi connectivity index (χ3n) is 3.70. The number of methoxy groups -OCH3 is 2. The molecule has 1 rings (SSSR count). The molecule has 1 aliphatic rings. The lowest BCUT2D eigenvalue weighted by molar-refractivity contribution is 0.0505. The standard InChI is InChI=1S/C14H26N2O4/c1-12(2)7-13(3,15-10(17)19-5)9-14(4,8-12)16-11(18)20-6/h7-9H2,1-6H3,(H,15,17)(H,16,18). The average Bonchev–Trinajstić information content (AvgIpc) is 2.23. The van der Waals surface area contributed by atoms with Gasteiger partial charge < -0.3 is 20.1 Å². The van der Waals surface area contributed by atoms with Crippen molar-refractivity contribution in [3.05, 3.63) is 0 Å². The van der Waals surface area contributed by atoms with E-state index in [1.54, 1.807) is 0 Å². The molecule has 0 aromatic rings. The zero-order valence-corrected chi connectivity index (χ0v) is 13.3. The fourth-order valence-electron chi connectivity index (χ4n) is 3.93. The molecule has 0 heterocycles. The fraction of sp³-hybridized carbons (Fsp3) is 0.857. The van der Waals surface area contributed by atoms with Gasteiger partial charge in [0.15, 0.2) is 0 Å². The van der Waals surface area contributed by atoms with Gasteiger partial charge in [0, 0.05) is 11.1 Å². The molecule has 0 bridgehead atoms. The van der Waals surface area contributed by atoms with Crippen LogP contribution in [0.1, 0.15) is 47.0 Å². The summed E-state index contributed by atoms with van der Waals surface area (Å²) in [6, 6.07) is 0. The summed E-state index contributed by atoms with van der Waals surface area (Å²) in [7, 11) is 2.69. The minimum atomic E-state index is -0.453. The van der Waals surface area contributed by atoms with E-state index in [-0.39, 0.29) is 5.41 Å². The highest BCUT2D eigenvalue weighted by atomic mass is 16.5. The van der Waals surface area contributed by atoms with E-state index in [1.165, 1.54) is 14.2 Å². The van der Waals surface area contributed by atoms with Crippen LogP contribution >= 0.6 is 0 Å². The normalized spacial score (nSPS) is 32.1. The van der Waals surface area contributed by atoms with Gasteiger partial charge in [-0.2, -0.15) is 0 Å². The number of carbonyl (C=O) groups is 2. The van der Waals surface area contributed by atoms with E-state index in [9.17, 15) is 9.59 Å². The zero-order valence-electron chi connectivity index (χ0n) is 13.3. The number of alkyl carbamates (subject to hydrolysis) is 2. The number of amides is 2. The molecule has 2 N–H and O–H groups in total. The van der Waals surface area contributed by atoms with Crippen LogP contribution in [0.25, 0.3) is 0 Å². The topological polar surface area (TPSA) is 76.7 Å². The van der Waals surface area contributed by atoms with Crippen LogP contribution in [0.5, 0.6) is 0 Å². The van der Waals surface area contributed by atoms with Gasteiger partial charge in [0.25, 0.3) is 0 Å². The summed E-state index contributed by atoms with van der Waals surface area (Å²) in [6.07, 6.45) is 1.34. The quantitative estimate of drug-likeness (QED) is 0.817. The van der Waals surface area contributed by atoms with Gasteiger partial charge in [-0.25, -0.2) is 9.59 Å². The smallest absolute Gasteiger partial charge is 0.407 e. The predicted octanol–water partition coefficient (Wildman–Crippen LogP) is 2.43. The highest BCUT2D eigenvalue weighted by molar-refractivity contribution is 5.69. The fourth-order valence-corrected chi connectivity index (χ4v) is 3.93. The Labute approximate surface area is 120 Å². The minimum absolute atomic E-state index is 0.0240. The average molecular weight is 286 g/mol. The number of rotatable bonds is 2. The van der Waals surface area contributed by atoms with Crippen molar-refractivity contribution >= 4 is 12.2 Å². The number of ether oxygens (including phenoxy) is 2. The monoisotopic (exact) mass is 286 g/mol. The number of carbonyl (C=O) groups excluding carboxylic acids is 2. The minimum Gasteiger partial charge on any atom is -0.453 e. The van der Waals surface area contributed by atoms with Crippen LogP contribution in [0, 0.1) is 5.41 Å². The summed E-state index contributed by atoms with van der Waals surface area (Å²) in [5, 5.41) is 5.79. The zero-order chi connectivity index (χ0) is 15.6. The van der Waals surface area contributed by atoms with Gasteiger partial charge >= 0.3 is 12.2 Å². The lowest BCUT2D eigenvalue weighted by Gasteiger charge is -2.51. The van der Waals surface area contributed by atoms with Gasteiger partial charge in [0.2, 0.25) is 0 Å². The third kappa shape index (κ3) is 4.28. The molecule has 1 saturated carbocycles. The third-order valence-corrected chi connectivity index (χ3v) is 3.70. The molecule has 116 valence electrons. The van der Waals surface area contributed by atoms with Crippen molar-refractivity contribution in [1.29, 1.82) is 0 Å². The van der Waals surface area contributed by atoms with Gasteiger partial charge in [-0.3, -0.25) is 0 Å². The summed E-state index contributed by atoms with van der Waals surface area (Å²) >= 11 is 0. The highest BCUT2D eigenvalue weighted by Crippen LogP contribution is 2.45. The summed E-state index contributed by atoms with van der Waals surface area (Å²) in [5.41, 5.74) is -0.904. The van der Waals surface area contributed by atoms with Crippen molar-refractivity contribution in [2.24, 2.45) is 5.41 Å². The number of hydrogen-bond acceptors (Lipinski definition) is 4. The number of nitrogens with one attached hydrogen (secondary N) is 2. The van der Waals surface area contributed by atoms with Crippen LogP contribution in [0.3, 0.4) is 0 Å². The molecule has 6 heteroatoms. The van der Waals surface area contributed by atoms with Crippen LogP contribution in [-0.4, -0.2) is 37.5 Å². The summed E-state index contributed by atoms with van der Waals surface area (Å²) in [4.78, 5) is 23.1. The Morgan fingerprint density at radius 1 is 0.800 bits per heavy atom. The first kappa shape index (κ1) is 16.6. The van der Waals surface area contributed by atoms with Crippen molar-refractivity contribution < 1.29 is 19.1 Å². The Balaban J connectivity index is 2.94. The number of hydrogen-bond donors (Lipinski definition) is 2. The van der Waals surface area contributed by atoms with Gasteiger partial charge in [-0.1, -0.05) is 13.8 Å². The molecule has 2 atom stereocenters. The van der Waals surface area contributed by atoms with Gasteiger partial charge in [0.1, 0.15) is 0 Å². The maximum atomic E-state index is 11.5. The lowest BCUT2D eigenvalue weighted by Crippen LogP contribution is -2.62. The van der Waals surface area contributed by atoms with E-state index in [0.717, 1.165) is 12.8 Å². The summed E-state index contributed by atoms with van der Waals surface area (Å²) in [6.45, 7) is 8.20. The Morgan fingerprint density at radius 2 is 1.15 bits per heavy atom. The van der Waals surface area contributed by atoms with Crippen LogP contribution < -0.4 is 10.6 Å². The first-order valence-corrected chi connectivity index (χ1v) is 6.75. The van der Waals surface area contributed by atoms with Crippen LogP contribution in [0.2, 0.25) is 0 Å². The van der Waals surface area contributed by atoms with Gasteiger partial charge in [-0.05, 0) is 38.5 Å². The largest absolute Gasteiger partial charge is 0.453 e. The molecule has 2 unspecified atom stereocenters. The maximum Gasteiger partial charge on any atom is 0.407 e. The van der Waals surface area contributed by atoms with E-state index in [2.05, 4.69) is 24.5 Å². The molecule has 0 saturated heterocycles. The Bertz CT molecular complexity index is 363. The first-order chi connectivity index (χ1) is 9.03. The van der Waals surface area contributed by atoms with Crippen LogP contribution in [0.15, 0.2) is 0 Å². The van der Waals surface area contributed by atoms with Gasteiger partial charge in [0.05, 0.1) is 14.2 Å². The summed E-state index contributed by atoms with van der Waals surface area (Å²) in [5.74, 6) is 0. The van der Waals surface area contributed by atoms with E-state index in [1.807, 2.05) is 13.8 Å². The molecule has 0 aromatic carbocycles. The van der Waals surface area contributed by atoms with Crippen LogP contribution in [-0.2, 0) is 9.47 Å².